The molecule has 4 rings (SSSR count). The van der Waals surface area contributed by atoms with Crippen LogP contribution in [0.5, 0.6) is 0 Å². The molecule has 3 amide bonds. The first-order valence-corrected chi connectivity index (χ1v) is 11.7. The normalized spacial score (nSPS) is 24.6. The van der Waals surface area contributed by atoms with Gasteiger partial charge in [0.05, 0.1) is 0 Å². The Morgan fingerprint density at radius 3 is 2.25 bits per heavy atom. The minimum atomic E-state index is -0.742. The molecule has 1 aliphatic carbocycles. The van der Waals surface area contributed by atoms with Crippen LogP contribution >= 0.6 is 23.7 Å². The molecule has 4 nitrogen and oxygen atoms in total. The van der Waals surface area contributed by atoms with E-state index in [1.165, 1.54) is 17.5 Å². The molecule has 6 heteroatoms. The van der Waals surface area contributed by atoms with Crippen LogP contribution in [0.2, 0.25) is 0 Å². The third-order valence-corrected chi connectivity index (χ3v) is 8.20. The summed E-state index contributed by atoms with van der Waals surface area (Å²) in [5.41, 5.74) is 1.66. The Balaban J connectivity index is 1.54. The van der Waals surface area contributed by atoms with Crippen LogP contribution in [0.25, 0.3) is 0 Å². The molecule has 2 aromatic carbocycles. The van der Waals surface area contributed by atoms with E-state index in [9.17, 15) is 9.59 Å². The lowest BCUT2D eigenvalue weighted by molar-refractivity contribution is -0.126. The molecule has 2 aliphatic rings. The van der Waals surface area contributed by atoms with Crippen LogP contribution in [0.1, 0.15) is 36.8 Å². The molecule has 1 heterocycles. The number of imide groups is 1. The van der Waals surface area contributed by atoms with Gasteiger partial charge in [-0.15, -0.1) is 0 Å². The third-order valence-electron chi connectivity index (χ3n) is 5.46. The molecule has 0 bridgehead atoms. The molecule has 2 atom stereocenters. The summed E-state index contributed by atoms with van der Waals surface area (Å²) in [6.07, 6.45) is 3.78. The Bertz CT molecular complexity index is 831. The van der Waals surface area contributed by atoms with Crippen LogP contribution in [-0.4, -0.2) is 27.0 Å². The standard InChI is InChI=1S/C22H24N2O2S2/c25-20-22(24(21(26)23-20)28-16-18-11-5-2-6-12-18)14-8-7-13-19(22)27-15-17-9-3-1-4-10-17/h1-6,9-12,19H,7-8,13-16H2,(H,23,25,26). The lowest BCUT2D eigenvalue weighted by atomic mass is 9.81. The smallest absolute Gasteiger partial charge is 0.275 e. The Morgan fingerprint density at radius 2 is 1.57 bits per heavy atom. The van der Waals surface area contributed by atoms with Crippen molar-refractivity contribution in [3.05, 3.63) is 71.8 Å². The number of amides is 3. The van der Waals surface area contributed by atoms with E-state index in [-0.39, 0.29) is 17.2 Å². The fraction of sp³-hybridized carbons (Fsp3) is 0.364. The zero-order chi connectivity index (χ0) is 19.4. The Morgan fingerprint density at radius 1 is 0.929 bits per heavy atom. The van der Waals surface area contributed by atoms with Crippen LogP contribution in [0.15, 0.2) is 60.7 Å². The number of carbonyl (C=O) groups is 2. The predicted molar refractivity (Wildman–Crippen MR) is 116 cm³/mol. The van der Waals surface area contributed by atoms with Crippen molar-refractivity contribution in [1.29, 1.82) is 0 Å². The third kappa shape index (κ3) is 3.80. The maximum atomic E-state index is 13.0. The molecule has 0 aromatic heterocycles. The fourth-order valence-electron chi connectivity index (χ4n) is 4.03. The summed E-state index contributed by atoms with van der Waals surface area (Å²) in [5, 5.41) is 2.71. The lowest BCUT2D eigenvalue weighted by Crippen LogP contribution is -2.56. The van der Waals surface area contributed by atoms with E-state index in [0.717, 1.165) is 37.0 Å². The number of urea groups is 1. The molecular formula is C22H24N2O2S2. The van der Waals surface area contributed by atoms with Gasteiger partial charge in [0.25, 0.3) is 5.91 Å². The second-order valence-corrected chi connectivity index (χ2v) is 9.37. The van der Waals surface area contributed by atoms with Gasteiger partial charge in [0.2, 0.25) is 0 Å². The fourth-order valence-corrected chi connectivity index (χ4v) is 6.78. The van der Waals surface area contributed by atoms with Gasteiger partial charge in [0, 0.05) is 16.8 Å². The van der Waals surface area contributed by atoms with Gasteiger partial charge in [-0.3, -0.25) is 14.4 Å². The number of benzene rings is 2. The molecule has 146 valence electrons. The maximum absolute atomic E-state index is 13.0. The maximum Gasteiger partial charge on any atom is 0.335 e. The van der Waals surface area contributed by atoms with Crippen LogP contribution in [-0.2, 0) is 16.3 Å². The molecule has 0 radical (unpaired) electrons. The molecule has 1 spiro atoms. The van der Waals surface area contributed by atoms with Crippen LogP contribution < -0.4 is 5.32 Å². The summed E-state index contributed by atoms with van der Waals surface area (Å²) >= 11 is 3.28. The minimum absolute atomic E-state index is 0.108. The number of nitrogens with one attached hydrogen (secondary N) is 1. The summed E-state index contributed by atoms with van der Waals surface area (Å²) in [6, 6.07) is 20.2. The highest BCUT2D eigenvalue weighted by Gasteiger charge is 2.58. The van der Waals surface area contributed by atoms with Crippen molar-refractivity contribution in [3.63, 3.8) is 0 Å². The molecule has 1 saturated carbocycles. The number of rotatable bonds is 6. The van der Waals surface area contributed by atoms with Gasteiger partial charge in [-0.2, -0.15) is 11.8 Å². The molecule has 1 aliphatic heterocycles. The van der Waals surface area contributed by atoms with Gasteiger partial charge in [0.1, 0.15) is 5.54 Å². The van der Waals surface area contributed by atoms with Gasteiger partial charge in [-0.1, -0.05) is 73.5 Å². The SMILES string of the molecule is O=C1NC(=O)C2(CCCCC2SCc2ccccc2)N1SCc1ccccc1. The summed E-state index contributed by atoms with van der Waals surface area (Å²) < 4.78 is 1.75. The first-order chi connectivity index (χ1) is 13.7. The highest BCUT2D eigenvalue weighted by atomic mass is 32.2. The number of nitrogens with zero attached hydrogens (tertiary/aromatic N) is 1. The summed E-state index contributed by atoms with van der Waals surface area (Å²) in [4.78, 5) is 25.7. The van der Waals surface area contributed by atoms with Gasteiger partial charge < -0.3 is 0 Å². The van der Waals surface area contributed by atoms with E-state index in [2.05, 4.69) is 29.6 Å². The average Bonchev–Trinajstić information content (AvgIpc) is 2.97. The topological polar surface area (TPSA) is 49.4 Å². The minimum Gasteiger partial charge on any atom is -0.275 e. The Hall–Kier alpha value is -1.92. The van der Waals surface area contributed by atoms with E-state index in [0.29, 0.717) is 5.75 Å². The first-order valence-electron chi connectivity index (χ1n) is 9.68. The van der Waals surface area contributed by atoms with Crippen LogP contribution in [0, 0.1) is 0 Å². The summed E-state index contributed by atoms with van der Waals surface area (Å²) in [6.45, 7) is 0. The van der Waals surface area contributed by atoms with Gasteiger partial charge in [-0.25, -0.2) is 4.79 Å². The number of hydrogen-bond donors (Lipinski definition) is 1. The van der Waals surface area contributed by atoms with Crippen molar-refractivity contribution in [1.82, 2.24) is 9.62 Å². The monoisotopic (exact) mass is 412 g/mol. The van der Waals surface area contributed by atoms with E-state index < -0.39 is 5.54 Å². The first kappa shape index (κ1) is 19.4. The number of carbonyl (C=O) groups excluding carboxylic acids is 2. The van der Waals surface area contributed by atoms with Crippen molar-refractivity contribution in [2.75, 3.05) is 0 Å². The van der Waals surface area contributed by atoms with Gasteiger partial charge in [0.15, 0.2) is 0 Å². The van der Waals surface area contributed by atoms with Crippen molar-refractivity contribution < 1.29 is 9.59 Å². The molecule has 1 N–H and O–H groups in total. The van der Waals surface area contributed by atoms with Crippen molar-refractivity contribution in [3.8, 4) is 0 Å². The van der Waals surface area contributed by atoms with Crippen molar-refractivity contribution >= 4 is 35.6 Å². The van der Waals surface area contributed by atoms with Crippen molar-refractivity contribution in [2.24, 2.45) is 0 Å². The molecule has 1 saturated heterocycles. The highest BCUT2D eigenvalue weighted by Crippen LogP contribution is 2.47. The zero-order valence-electron chi connectivity index (χ0n) is 15.7. The second kappa shape index (κ2) is 8.62. The molecule has 2 aromatic rings. The van der Waals surface area contributed by atoms with Gasteiger partial charge >= 0.3 is 6.03 Å². The zero-order valence-corrected chi connectivity index (χ0v) is 17.3. The van der Waals surface area contributed by atoms with Crippen molar-refractivity contribution in [2.45, 2.75) is 48.0 Å². The Labute approximate surface area is 174 Å². The van der Waals surface area contributed by atoms with Crippen LogP contribution in [0.4, 0.5) is 4.79 Å². The molecular weight excluding hydrogens is 388 g/mol. The number of hydrogen-bond acceptors (Lipinski definition) is 4. The van der Waals surface area contributed by atoms with E-state index in [1.54, 1.807) is 4.31 Å². The second-order valence-electron chi connectivity index (χ2n) is 7.27. The van der Waals surface area contributed by atoms with Crippen LogP contribution in [0.3, 0.4) is 0 Å². The summed E-state index contributed by atoms with van der Waals surface area (Å²) in [5.74, 6) is 1.41. The average molecular weight is 413 g/mol. The van der Waals surface area contributed by atoms with Gasteiger partial charge in [-0.05, 0) is 35.9 Å². The lowest BCUT2D eigenvalue weighted by Gasteiger charge is -2.43. The van der Waals surface area contributed by atoms with E-state index in [1.807, 2.05) is 48.2 Å². The Kier molecular flexibility index (Phi) is 5.97. The highest BCUT2D eigenvalue weighted by molar-refractivity contribution is 7.99. The largest absolute Gasteiger partial charge is 0.335 e. The number of thioether (sulfide) groups is 1. The van der Waals surface area contributed by atoms with E-state index >= 15 is 0 Å². The molecule has 2 unspecified atom stereocenters. The predicted octanol–water partition coefficient (Wildman–Crippen LogP) is 5.00. The summed E-state index contributed by atoms with van der Waals surface area (Å²) in [7, 11) is 0. The molecule has 2 fully saturated rings. The van der Waals surface area contributed by atoms with E-state index in [4.69, 9.17) is 0 Å². The quantitative estimate of drug-likeness (QED) is 0.536. The molecule has 28 heavy (non-hydrogen) atoms.